The Morgan fingerprint density at radius 3 is 3.00 bits per heavy atom. The molecule has 0 radical (unpaired) electrons. The first-order chi connectivity index (χ1) is 17.3. The molecule has 0 bridgehead atoms. The quantitative estimate of drug-likeness (QED) is 0.648. The second-order valence-corrected chi connectivity index (χ2v) is 8.10. The molecule has 3 aliphatic rings. The smallest absolute Gasteiger partial charge is 0.308 e. The number of hydrogen-bond acceptors (Lipinski definition) is 6. The van der Waals surface area contributed by atoms with Gasteiger partial charge in [-0.2, -0.15) is 0 Å². The van der Waals surface area contributed by atoms with Crippen LogP contribution < -0.4 is 0 Å². The Bertz CT molecular complexity index is 975. The number of allylic oxidation sites excluding steroid dienone is 2. The molecule has 3 rings (SSSR count). The number of rotatable bonds is 6. The van der Waals surface area contributed by atoms with E-state index in [0.29, 0.717) is 18.4 Å². The van der Waals surface area contributed by atoms with Gasteiger partial charge in [0, 0.05) is 31.1 Å². The van der Waals surface area contributed by atoms with Crippen molar-refractivity contribution in [3.8, 4) is 0 Å². The van der Waals surface area contributed by atoms with Gasteiger partial charge in [0.2, 0.25) is 0 Å². The Morgan fingerprint density at radius 2 is 2.28 bits per heavy atom. The molecule has 8 atom stereocenters. The third kappa shape index (κ3) is 5.28. The van der Waals surface area contributed by atoms with Crippen LogP contribution in [0.1, 0.15) is 71.4 Å². The second kappa shape index (κ2) is 9.43. The van der Waals surface area contributed by atoms with E-state index < -0.39 is 68.2 Å². The Morgan fingerprint density at radius 1 is 1.45 bits per heavy atom. The van der Waals surface area contributed by atoms with E-state index >= 15 is 0 Å². The molecule has 162 valence electrons. The Labute approximate surface area is 185 Å². The van der Waals surface area contributed by atoms with Crippen LogP contribution in [-0.2, 0) is 19.1 Å². The molecule has 1 unspecified atom stereocenters. The highest BCUT2D eigenvalue weighted by molar-refractivity contribution is 5.72. The van der Waals surface area contributed by atoms with Crippen molar-refractivity contribution in [2.24, 2.45) is 23.6 Å². The highest BCUT2D eigenvalue weighted by Crippen LogP contribution is 2.44. The van der Waals surface area contributed by atoms with Crippen LogP contribution in [0, 0.1) is 23.6 Å². The first kappa shape index (κ1) is 12.9. The second-order valence-electron chi connectivity index (χ2n) is 8.10. The van der Waals surface area contributed by atoms with Gasteiger partial charge in [-0.25, -0.2) is 0 Å². The van der Waals surface area contributed by atoms with Crippen molar-refractivity contribution in [2.45, 2.75) is 83.5 Å². The number of ether oxygens (including phenoxy) is 2. The van der Waals surface area contributed by atoms with E-state index in [1.54, 1.807) is 12.2 Å². The average molecular weight is 416 g/mol. The number of aliphatic hydroxyl groups is 2. The molecule has 0 amide bonds. The zero-order valence-electron chi connectivity index (χ0n) is 25.3. The molecule has 1 fully saturated rings. The fourth-order valence-electron chi connectivity index (χ4n) is 4.65. The normalized spacial score (nSPS) is 44.9. The highest BCUT2D eigenvalue weighted by Gasteiger charge is 2.42. The summed E-state index contributed by atoms with van der Waals surface area (Å²) in [4.78, 5) is 25.0. The van der Waals surface area contributed by atoms with Crippen LogP contribution in [-0.4, -0.2) is 46.6 Å². The van der Waals surface area contributed by atoms with Crippen LogP contribution in [0.3, 0.4) is 0 Å². The number of fused-ring (bicyclic) bond motifs is 1. The van der Waals surface area contributed by atoms with Crippen molar-refractivity contribution < 1.29 is 41.6 Å². The minimum atomic E-state index is -3.78. The van der Waals surface area contributed by atoms with E-state index in [9.17, 15) is 19.8 Å². The topological polar surface area (TPSA) is 93.1 Å². The molecule has 2 N–H and O–H groups in total. The van der Waals surface area contributed by atoms with E-state index in [0.717, 1.165) is 0 Å². The van der Waals surface area contributed by atoms with Crippen LogP contribution in [0.15, 0.2) is 23.8 Å². The van der Waals surface area contributed by atoms with Crippen molar-refractivity contribution in [1.29, 1.82) is 0 Å². The van der Waals surface area contributed by atoms with Gasteiger partial charge in [0.1, 0.15) is 12.2 Å². The SMILES string of the molecule is [2H]C([2H])([2H])C([2H])([2H])C([2H])(C(=O)O[C@H]1C[C@H](O)C=C2C=C[C@H](C)[C@H](CC[C@H]3C[C@@H](O)CC(=O)O3)[C@H]21)C([2H])([2H])[2H]. The summed E-state index contributed by atoms with van der Waals surface area (Å²) in [6.45, 7) is -5.39. The first-order valence-electron chi connectivity index (χ1n) is 14.5. The standard InChI is InChI=1S/C23H34O6/c1-4-13(2)23(27)29-20-11-16(24)9-15-6-5-14(3)19(22(15)20)8-7-18-10-17(25)12-21(26)28-18/h5-6,9,13-14,16-20,22,24-25H,4,7-8,10-12H2,1-3H3/t13?,14-,16+,17+,18-,19-,20-,22-/m0/s1/i1D3,2D3,4D2,13D. The molecular formula is C23H34O6. The molecule has 0 saturated carbocycles. The first-order valence-corrected chi connectivity index (χ1v) is 9.96. The van der Waals surface area contributed by atoms with Crippen molar-refractivity contribution >= 4 is 11.9 Å². The molecule has 29 heavy (non-hydrogen) atoms. The third-order valence-corrected chi connectivity index (χ3v) is 6.02. The summed E-state index contributed by atoms with van der Waals surface area (Å²) < 4.78 is 80.6. The molecule has 1 saturated heterocycles. The zero-order chi connectivity index (χ0) is 28.8. The van der Waals surface area contributed by atoms with Gasteiger partial charge in [0.25, 0.3) is 0 Å². The molecule has 0 aromatic heterocycles. The number of carbonyl (C=O) groups is 2. The fourth-order valence-corrected chi connectivity index (χ4v) is 4.65. The van der Waals surface area contributed by atoms with E-state index in [2.05, 4.69) is 0 Å². The van der Waals surface area contributed by atoms with Crippen LogP contribution in [0.25, 0.3) is 0 Å². The van der Waals surface area contributed by atoms with Gasteiger partial charge in [0.15, 0.2) is 0 Å². The maximum absolute atomic E-state index is 13.3. The summed E-state index contributed by atoms with van der Waals surface area (Å²) in [7, 11) is 0. The molecule has 0 aromatic carbocycles. The lowest BCUT2D eigenvalue weighted by atomic mass is 9.66. The number of hydrogen-bond donors (Lipinski definition) is 2. The van der Waals surface area contributed by atoms with Gasteiger partial charge >= 0.3 is 11.9 Å². The minimum Gasteiger partial charge on any atom is -0.462 e. The summed E-state index contributed by atoms with van der Waals surface area (Å²) in [5, 5.41) is 20.3. The lowest BCUT2D eigenvalue weighted by Gasteiger charge is -2.43. The maximum Gasteiger partial charge on any atom is 0.308 e. The molecule has 1 heterocycles. The van der Waals surface area contributed by atoms with E-state index in [1.165, 1.54) is 0 Å². The molecule has 6 heteroatoms. The lowest BCUT2D eigenvalue weighted by Crippen LogP contribution is -2.43. The van der Waals surface area contributed by atoms with Gasteiger partial charge in [-0.3, -0.25) is 9.59 Å². The average Bonchev–Trinajstić information content (AvgIpc) is 2.75. The molecule has 2 aliphatic carbocycles. The van der Waals surface area contributed by atoms with Gasteiger partial charge in [-0.15, -0.1) is 0 Å². The fraction of sp³-hybridized carbons (Fsp3) is 0.739. The van der Waals surface area contributed by atoms with Gasteiger partial charge in [0.05, 0.1) is 24.5 Å². The lowest BCUT2D eigenvalue weighted by molar-refractivity contribution is -0.162. The highest BCUT2D eigenvalue weighted by atomic mass is 16.6. The Kier molecular flexibility index (Phi) is 4.20. The molecule has 0 aromatic rings. The number of esters is 2. The van der Waals surface area contributed by atoms with Crippen LogP contribution in [0.4, 0.5) is 0 Å². The predicted octanol–water partition coefficient (Wildman–Crippen LogP) is 2.92. The summed E-state index contributed by atoms with van der Waals surface area (Å²) in [5.41, 5.74) is 0.605. The summed E-state index contributed by atoms with van der Waals surface area (Å²) in [6.07, 6.45) is -1.27. The monoisotopic (exact) mass is 415 g/mol. The molecular weight excluding hydrogens is 372 g/mol. The third-order valence-electron chi connectivity index (χ3n) is 6.02. The Balaban J connectivity index is 1.90. The zero-order valence-corrected chi connectivity index (χ0v) is 16.3. The van der Waals surface area contributed by atoms with Crippen molar-refractivity contribution in [2.75, 3.05) is 0 Å². The van der Waals surface area contributed by atoms with Crippen LogP contribution in [0.2, 0.25) is 0 Å². The van der Waals surface area contributed by atoms with Crippen molar-refractivity contribution in [1.82, 2.24) is 0 Å². The predicted molar refractivity (Wildman–Crippen MR) is 108 cm³/mol. The maximum atomic E-state index is 13.3. The number of cyclic esters (lactones) is 1. The summed E-state index contributed by atoms with van der Waals surface area (Å²) in [6, 6.07) is 0. The van der Waals surface area contributed by atoms with Crippen LogP contribution in [0.5, 0.6) is 0 Å². The largest absolute Gasteiger partial charge is 0.462 e. The van der Waals surface area contributed by atoms with E-state index in [4.69, 9.17) is 21.8 Å². The summed E-state index contributed by atoms with van der Waals surface area (Å²) in [5.74, 6) is -7.03. The van der Waals surface area contributed by atoms with Crippen LogP contribution >= 0.6 is 0 Å². The van der Waals surface area contributed by atoms with Gasteiger partial charge < -0.3 is 19.7 Å². The number of carbonyl (C=O) groups excluding carboxylic acids is 2. The molecule has 1 aliphatic heterocycles. The van der Waals surface area contributed by atoms with Crippen molar-refractivity contribution in [3.05, 3.63) is 23.8 Å². The Hall–Kier alpha value is -1.66. The minimum absolute atomic E-state index is 0.0768. The van der Waals surface area contributed by atoms with Crippen molar-refractivity contribution in [3.63, 3.8) is 0 Å². The van der Waals surface area contributed by atoms with E-state index in [1.807, 2.05) is 13.0 Å². The molecule has 0 spiro atoms. The van der Waals surface area contributed by atoms with E-state index in [-0.39, 0.29) is 31.1 Å². The van der Waals surface area contributed by atoms with Gasteiger partial charge in [-0.1, -0.05) is 38.9 Å². The molecule has 6 nitrogen and oxygen atoms in total. The number of aliphatic hydroxyl groups excluding tert-OH is 2. The summed E-state index contributed by atoms with van der Waals surface area (Å²) >= 11 is 0. The van der Waals surface area contributed by atoms with Gasteiger partial charge in [-0.05, 0) is 36.6 Å².